The molecule has 1 aliphatic rings. The Morgan fingerprint density at radius 3 is 2.43 bits per heavy atom. The third-order valence-corrected chi connectivity index (χ3v) is 8.75. The number of amides is 1. The molecular formula is C32H48N2O3. The molecule has 5 heteroatoms. The number of hydrogen-bond acceptors (Lipinski definition) is 4. The van der Waals surface area contributed by atoms with Crippen molar-refractivity contribution in [2.24, 2.45) is 23.5 Å². The summed E-state index contributed by atoms with van der Waals surface area (Å²) in [5.74, 6) is 1.18. The lowest BCUT2D eigenvalue weighted by molar-refractivity contribution is -0.120. The third kappa shape index (κ3) is 8.05. The summed E-state index contributed by atoms with van der Waals surface area (Å²) in [7, 11) is 1.67. The van der Waals surface area contributed by atoms with Gasteiger partial charge in [0.15, 0.2) is 0 Å². The summed E-state index contributed by atoms with van der Waals surface area (Å²) in [5.41, 5.74) is 8.35. The second kappa shape index (κ2) is 14.0. The van der Waals surface area contributed by atoms with Gasteiger partial charge in [-0.2, -0.15) is 0 Å². The highest BCUT2D eigenvalue weighted by Crippen LogP contribution is 2.43. The molecule has 1 heterocycles. The van der Waals surface area contributed by atoms with Crippen molar-refractivity contribution in [2.75, 3.05) is 13.7 Å². The van der Waals surface area contributed by atoms with Gasteiger partial charge >= 0.3 is 0 Å². The zero-order valence-corrected chi connectivity index (χ0v) is 23.4. The molecular weight excluding hydrogens is 460 g/mol. The highest BCUT2D eigenvalue weighted by Gasteiger charge is 2.36. The normalized spacial score (nSPS) is 26.7. The van der Waals surface area contributed by atoms with Crippen LogP contribution in [-0.2, 0) is 16.8 Å². The fourth-order valence-electron chi connectivity index (χ4n) is 6.32. The largest absolute Gasteiger partial charge is 0.497 e. The van der Waals surface area contributed by atoms with Crippen LogP contribution < -0.4 is 10.5 Å². The topological polar surface area (TPSA) is 75.8 Å². The molecule has 0 radical (unpaired) electrons. The lowest BCUT2D eigenvalue weighted by Crippen LogP contribution is -2.43. The molecule has 0 spiro atoms. The van der Waals surface area contributed by atoms with Gasteiger partial charge in [-0.15, -0.1) is 0 Å². The molecule has 37 heavy (non-hydrogen) atoms. The van der Waals surface area contributed by atoms with Gasteiger partial charge in [-0.1, -0.05) is 76.1 Å². The van der Waals surface area contributed by atoms with Crippen molar-refractivity contribution < 1.29 is 14.6 Å². The van der Waals surface area contributed by atoms with Crippen molar-refractivity contribution in [1.82, 2.24) is 4.90 Å². The van der Waals surface area contributed by atoms with Crippen LogP contribution in [-0.4, -0.2) is 35.8 Å². The first-order valence-electron chi connectivity index (χ1n) is 14.2. The van der Waals surface area contributed by atoms with Crippen molar-refractivity contribution in [2.45, 2.75) is 90.3 Å². The fraction of sp³-hybridized carbons (Fsp3) is 0.594. The number of hydrogen-bond donors (Lipinski definition) is 2. The van der Waals surface area contributed by atoms with Gasteiger partial charge in [0.1, 0.15) is 12.0 Å². The Balaban J connectivity index is 1.94. The lowest BCUT2D eigenvalue weighted by atomic mass is 9.67. The van der Waals surface area contributed by atoms with Crippen molar-refractivity contribution in [3.8, 4) is 5.75 Å². The summed E-state index contributed by atoms with van der Waals surface area (Å²) >= 11 is 0. The molecule has 4 unspecified atom stereocenters. The molecule has 0 saturated carbocycles. The van der Waals surface area contributed by atoms with Gasteiger partial charge in [-0.3, -0.25) is 9.69 Å². The van der Waals surface area contributed by atoms with E-state index in [9.17, 15) is 9.90 Å². The van der Waals surface area contributed by atoms with E-state index in [4.69, 9.17) is 10.5 Å². The van der Waals surface area contributed by atoms with Gasteiger partial charge in [0.05, 0.1) is 7.11 Å². The number of carbonyl (C=O) groups is 1. The molecule has 0 bridgehead atoms. The average Bonchev–Trinajstić information content (AvgIpc) is 2.92. The zero-order valence-electron chi connectivity index (χ0n) is 23.4. The van der Waals surface area contributed by atoms with E-state index in [1.807, 2.05) is 12.1 Å². The maximum atomic E-state index is 12.0. The molecule has 3 N–H and O–H groups in total. The van der Waals surface area contributed by atoms with Crippen molar-refractivity contribution >= 4 is 5.91 Å². The smallest absolute Gasteiger partial charge is 0.217 e. The summed E-state index contributed by atoms with van der Waals surface area (Å²) in [6.45, 7) is 8.19. The molecule has 204 valence electrons. The number of nitrogens with two attached hydrogens (primary N) is 1. The van der Waals surface area contributed by atoms with Crippen LogP contribution in [0.4, 0.5) is 0 Å². The first-order valence-corrected chi connectivity index (χ1v) is 14.2. The monoisotopic (exact) mass is 508 g/mol. The highest BCUT2D eigenvalue weighted by molar-refractivity contribution is 5.74. The standard InChI is InChI=1S/C32H48N2O3/c1-5-24(2)22-32(28-12-7-6-8-13-28)18-9-11-27(21-30(33)35)25(3)31(36)34(20-10-19-32)23-26-14-16-29(37-4)17-15-26/h6-8,12-17,24-25,27,31,36H,5,9-11,18-23H2,1-4H3,(H2,33,35)/t24?,25?,27?,31?,32-/m0/s1. The number of nitrogens with zero attached hydrogens (tertiary/aromatic N) is 1. The molecule has 2 aromatic rings. The summed E-state index contributed by atoms with van der Waals surface area (Å²) in [6.07, 6.45) is 7.11. The van der Waals surface area contributed by atoms with Crippen molar-refractivity contribution in [1.29, 1.82) is 0 Å². The van der Waals surface area contributed by atoms with Crippen molar-refractivity contribution in [3.63, 3.8) is 0 Å². The highest BCUT2D eigenvalue weighted by atomic mass is 16.5. The zero-order chi connectivity index (χ0) is 26.8. The maximum Gasteiger partial charge on any atom is 0.217 e. The van der Waals surface area contributed by atoms with Gasteiger partial charge in [0.2, 0.25) is 5.91 Å². The minimum atomic E-state index is -0.634. The molecule has 0 aliphatic carbocycles. The summed E-state index contributed by atoms with van der Waals surface area (Å²) in [5, 5.41) is 11.6. The molecule has 0 aromatic heterocycles. The summed E-state index contributed by atoms with van der Waals surface area (Å²) in [4.78, 5) is 14.2. The Bertz CT molecular complexity index is 948. The van der Waals surface area contributed by atoms with Crippen molar-refractivity contribution in [3.05, 3.63) is 65.7 Å². The molecule has 1 aliphatic heterocycles. The number of primary amides is 1. The Hall–Kier alpha value is -2.37. The Morgan fingerprint density at radius 1 is 1.14 bits per heavy atom. The first kappa shape index (κ1) is 29.2. The van der Waals surface area contributed by atoms with Crippen LogP contribution in [0.3, 0.4) is 0 Å². The second-order valence-electron chi connectivity index (χ2n) is 11.4. The number of carbonyl (C=O) groups excluding carboxylic acids is 1. The second-order valence-corrected chi connectivity index (χ2v) is 11.4. The van der Waals surface area contributed by atoms with E-state index < -0.39 is 6.23 Å². The number of methoxy groups -OCH3 is 1. The van der Waals surface area contributed by atoms with Crippen LogP contribution in [0.25, 0.3) is 0 Å². The number of aliphatic hydroxyl groups is 1. The third-order valence-electron chi connectivity index (χ3n) is 8.75. The maximum absolute atomic E-state index is 12.0. The van der Waals surface area contributed by atoms with E-state index in [0.717, 1.165) is 62.8 Å². The van der Waals surface area contributed by atoms with Crippen LogP contribution in [0.2, 0.25) is 0 Å². The van der Waals surface area contributed by atoms with Gasteiger partial charge in [0, 0.05) is 19.5 Å². The first-order chi connectivity index (χ1) is 17.8. The molecule has 1 amide bonds. The summed E-state index contributed by atoms with van der Waals surface area (Å²) < 4.78 is 5.33. The summed E-state index contributed by atoms with van der Waals surface area (Å²) in [6, 6.07) is 19.1. The minimum Gasteiger partial charge on any atom is -0.497 e. The Labute approximate surface area is 224 Å². The lowest BCUT2D eigenvalue weighted by Gasteiger charge is -2.38. The van der Waals surface area contributed by atoms with E-state index in [0.29, 0.717) is 18.9 Å². The van der Waals surface area contributed by atoms with E-state index in [1.165, 1.54) is 5.56 Å². The molecule has 1 saturated heterocycles. The minimum absolute atomic E-state index is 0.0514. The Morgan fingerprint density at radius 2 is 1.81 bits per heavy atom. The number of ether oxygens (including phenoxy) is 1. The van der Waals surface area contributed by atoms with Gasteiger partial charge < -0.3 is 15.6 Å². The molecule has 5 atom stereocenters. The average molecular weight is 509 g/mol. The van der Waals surface area contributed by atoms with E-state index in [1.54, 1.807) is 7.11 Å². The van der Waals surface area contributed by atoms with Crippen LogP contribution in [0, 0.1) is 17.8 Å². The quantitative estimate of drug-likeness (QED) is 0.418. The molecule has 3 rings (SSSR count). The number of benzene rings is 2. The predicted octanol–water partition coefficient (Wildman–Crippen LogP) is 6.28. The molecule has 2 aromatic carbocycles. The van der Waals surface area contributed by atoms with E-state index in [2.05, 4.69) is 68.1 Å². The Kier molecular flexibility index (Phi) is 11.0. The van der Waals surface area contributed by atoms with Gasteiger partial charge in [-0.25, -0.2) is 0 Å². The number of aliphatic hydroxyl groups excluding tert-OH is 1. The molecule has 1 fully saturated rings. The van der Waals surface area contributed by atoms with Crippen LogP contribution in [0.5, 0.6) is 5.75 Å². The fourth-order valence-corrected chi connectivity index (χ4v) is 6.32. The van der Waals surface area contributed by atoms with Crippen LogP contribution in [0.1, 0.15) is 83.3 Å². The van der Waals surface area contributed by atoms with E-state index in [-0.39, 0.29) is 23.2 Å². The number of rotatable bonds is 9. The van der Waals surface area contributed by atoms with E-state index >= 15 is 0 Å². The van der Waals surface area contributed by atoms with Gasteiger partial charge in [0.25, 0.3) is 0 Å². The van der Waals surface area contributed by atoms with Crippen LogP contribution in [0.15, 0.2) is 54.6 Å². The predicted molar refractivity (Wildman–Crippen MR) is 151 cm³/mol. The molecule has 5 nitrogen and oxygen atoms in total. The van der Waals surface area contributed by atoms with Gasteiger partial charge in [-0.05, 0) is 78.5 Å². The van der Waals surface area contributed by atoms with Crippen LogP contribution >= 0.6 is 0 Å². The SMILES string of the molecule is CCC(C)C[C@]1(c2ccccc2)CCCC(CC(N)=O)C(C)C(O)N(Cc2ccc(OC)cc2)CCC1.